The van der Waals surface area contributed by atoms with Crippen molar-refractivity contribution >= 4 is 10.0 Å². The van der Waals surface area contributed by atoms with Crippen molar-refractivity contribution < 1.29 is 13.5 Å². The molecule has 9 heteroatoms. The molecule has 0 atom stereocenters. The van der Waals surface area contributed by atoms with Gasteiger partial charge in [0.05, 0.1) is 18.4 Å². The van der Waals surface area contributed by atoms with Gasteiger partial charge in [0, 0.05) is 25.5 Å². The van der Waals surface area contributed by atoms with Crippen LogP contribution in [0.5, 0.6) is 0 Å². The maximum atomic E-state index is 12.1. The summed E-state index contributed by atoms with van der Waals surface area (Å²) in [5, 5.41) is 12.7. The first kappa shape index (κ1) is 15.5. The number of hydrogen-bond acceptors (Lipinski definition) is 6. The van der Waals surface area contributed by atoms with Gasteiger partial charge in [0.1, 0.15) is 10.7 Å². The lowest BCUT2D eigenvalue weighted by Gasteiger charge is -2.04. The Labute approximate surface area is 122 Å². The van der Waals surface area contributed by atoms with E-state index in [1.165, 1.54) is 17.1 Å². The molecule has 0 aliphatic rings. The molecule has 0 aromatic carbocycles. The highest BCUT2D eigenvalue weighted by molar-refractivity contribution is 7.89. The number of aliphatic hydroxyl groups excluding tert-OH is 1. The van der Waals surface area contributed by atoms with Crippen molar-refractivity contribution in [1.29, 1.82) is 0 Å². The minimum absolute atomic E-state index is 0.0350. The van der Waals surface area contributed by atoms with Crippen LogP contribution in [0.15, 0.2) is 29.6 Å². The fraction of sp³-hybridized carbons (Fsp3) is 0.417. The van der Waals surface area contributed by atoms with Crippen molar-refractivity contribution in [1.82, 2.24) is 24.5 Å². The van der Waals surface area contributed by atoms with Crippen LogP contribution in [-0.2, 0) is 23.1 Å². The van der Waals surface area contributed by atoms with Gasteiger partial charge in [-0.3, -0.25) is 4.68 Å². The molecule has 0 aliphatic heterocycles. The second-order valence-corrected chi connectivity index (χ2v) is 6.20. The van der Waals surface area contributed by atoms with E-state index in [0.29, 0.717) is 24.5 Å². The molecule has 0 aliphatic carbocycles. The zero-order valence-corrected chi connectivity index (χ0v) is 12.4. The van der Waals surface area contributed by atoms with Crippen LogP contribution in [-0.4, -0.2) is 39.9 Å². The van der Waals surface area contributed by atoms with E-state index in [4.69, 9.17) is 5.11 Å². The summed E-state index contributed by atoms with van der Waals surface area (Å²) in [5.41, 5.74) is 0.596. The Hall–Kier alpha value is -1.84. The Balaban J connectivity index is 2.02. The average Bonchev–Trinajstić information content (AvgIpc) is 2.93. The number of aliphatic hydroxyl groups is 1. The largest absolute Gasteiger partial charge is 0.396 e. The van der Waals surface area contributed by atoms with E-state index in [1.54, 1.807) is 19.2 Å². The smallest absolute Gasteiger partial charge is 0.244 e. The molecule has 21 heavy (non-hydrogen) atoms. The molecule has 114 valence electrons. The number of aromatic nitrogens is 4. The molecule has 0 bridgehead atoms. The maximum Gasteiger partial charge on any atom is 0.244 e. The number of aryl methyl sites for hydroxylation is 2. The molecule has 2 aromatic rings. The van der Waals surface area contributed by atoms with Gasteiger partial charge in [0.25, 0.3) is 0 Å². The molecule has 2 N–H and O–H groups in total. The minimum Gasteiger partial charge on any atom is -0.396 e. The molecule has 0 radical (unpaired) electrons. The monoisotopic (exact) mass is 311 g/mol. The topological polar surface area (TPSA) is 110 Å². The predicted octanol–water partition coefficient (Wildman–Crippen LogP) is -0.158. The van der Waals surface area contributed by atoms with Crippen LogP contribution in [0.4, 0.5) is 0 Å². The first-order valence-electron chi connectivity index (χ1n) is 6.43. The molecular formula is C12H17N5O3S. The molecule has 2 aromatic heterocycles. The highest BCUT2D eigenvalue weighted by Gasteiger charge is 2.16. The van der Waals surface area contributed by atoms with Gasteiger partial charge in [-0.2, -0.15) is 5.10 Å². The second kappa shape index (κ2) is 6.74. The van der Waals surface area contributed by atoms with Crippen LogP contribution in [0, 0.1) is 6.92 Å². The Morgan fingerprint density at radius 3 is 2.95 bits per heavy atom. The summed E-state index contributed by atoms with van der Waals surface area (Å²) in [6.45, 7) is 2.33. The van der Waals surface area contributed by atoms with Gasteiger partial charge in [-0.25, -0.2) is 23.1 Å². The van der Waals surface area contributed by atoms with Crippen LogP contribution in [0.2, 0.25) is 0 Å². The fourth-order valence-electron chi connectivity index (χ4n) is 1.69. The van der Waals surface area contributed by atoms with Gasteiger partial charge in [0.15, 0.2) is 0 Å². The molecule has 0 amide bonds. The van der Waals surface area contributed by atoms with E-state index in [0.717, 1.165) is 0 Å². The number of rotatable bonds is 7. The molecule has 8 nitrogen and oxygen atoms in total. The first-order valence-corrected chi connectivity index (χ1v) is 7.91. The second-order valence-electron chi connectivity index (χ2n) is 4.44. The molecular weight excluding hydrogens is 294 g/mol. The zero-order chi connectivity index (χ0) is 15.3. The van der Waals surface area contributed by atoms with Gasteiger partial charge in [0.2, 0.25) is 10.0 Å². The van der Waals surface area contributed by atoms with E-state index >= 15 is 0 Å². The average molecular weight is 311 g/mol. The van der Waals surface area contributed by atoms with Gasteiger partial charge in [-0.15, -0.1) is 0 Å². The van der Waals surface area contributed by atoms with Crippen molar-refractivity contribution in [3.63, 3.8) is 0 Å². The quantitative estimate of drug-likeness (QED) is 0.735. The third-order valence-electron chi connectivity index (χ3n) is 2.74. The summed E-state index contributed by atoms with van der Waals surface area (Å²) in [6.07, 6.45) is 4.82. The van der Waals surface area contributed by atoms with E-state index in [2.05, 4.69) is 19.8 Å². The van der Waals surface area contributed by atoms with Crippen LogP contribution >= 0.6 is 0 Å². The Morgan fingerprint density at radius 1 is 1.43 bits per heavy atom. The number of nitrogens with one attached hydrogen (secondary N) is 1. The number of sulfonamides is 1. The highest BCUT2D eigenvalue weighted by Crippen LogP contribution is 2.08. The van der Waals surface area contributed by atoms with E-state index in [1.807, 2.05) is 0 Å². The molecule has 2 heterocycles. The van der Waals surface area contributed by atoms with Gasteiger partial charge < -0.3 is 5.11 Å². The molecule has 0 spiro atoms. The molecule has 0 saturated carbocycles. The lowest BCUT2D eigenvalue weighted by Crippen LogP contribution is -2.23. The van der Waals surface area contributed by atoms with E-state index < -0.39 is 10.0 Å². The predicted molar refractivity (Wildman–Crippen MR) is 74.7 cm³/mol. The van der Waals surface area contributed by atoms with Crippen molar-refractivity contribution in [2.75, 3.05) is 6.61 Å². The molecule has 2 rings (SSSR count). The zero-order valence-electron chi connectivity index (χ0n) is 11.6. The third kappa shape index (κ3) is 4.31. The summed E-state index contributed by atoms with van der Waals surface area (Å²) in [4.78, 5) is 8.17. The normalized spacial score (nSPS) is 11.7. The van der Waals surface area contributed by atoms with Crippen LogP contribution in [0.1, 0.15) is 17.9 Å². The van der Waals surface area contributed by atoms with Crippen molar-refractivity contribution in [3.05, 3.63) is 36.2 Å². The number of nitrogens with zero attached hydrogens (tertiary/aromatic N) is 4. The summed E-state index contributed by atoms with van der Waals surface area (Å²) in [7, 11) is -3.63. The van der Waals surface area contributed by atoms with Gasteiger partial charge in [-0.1, -0.05) is 0 Å². The van der Waals surface area contributed by atoms with Crippen LogP contribution in [0.3, 0.4) is 0 Å². The summed E-state index contributed by atoms with van der Waals surface area (Å²) >= 11 is 0. The minimum atomic E-state index is -3.63. The van der Waals surface area contributed by atoms with Gasteiger partial charge in [-0.05, 0) is 19.4 Å². The van der Waals surface area contributed by atoms with Crippen molar-refractivity contribution in [2.45, 2.75) is 31.3 Å². The van der Waals surface area contributed by atoms with Gasteiger partial charge >= 0.3 is 0 Å². The van der Waals surface area contributed by atoms with Crippen LogP contribution in [0.25, 0.3) is 0 Å². The van der Waals surface area contributed by atoms with Crippen molar-refractivity contribution in [2.24, 2.45) is 0 Å². The maximum absolute atomic E-state index is 12.1. The first-order chi connectivity index (χ1) is 10.0. The molecule has 0 saturated heterocycles. The Morgan fingerprint density at radius 2 is 2.24 bits per heavy atom. The molecule has 0 unspecified atom stereocenters. The lowest BCUT2D eigenvalue weighted by atomic mass is 10.4. The highest BCUT2D eigenvalue weighted by atomic mass is 32.2. The van der Waals surface area contributed by atoms with Crippen molar-refractivity contribution in [3.8, 4) is 0 Å². The van der Waals surface area contributed by atoms with E-state index in [-0.39, 0.29) is 18.0 Å². The number of hydrogen-bond donors (Lipinski definition) is 2. The molecule has 0 fully saturated rings. The summed E-state index contributed by atoms with van der Waals surface area (Å²) < 4.78 is 28.2. The fourth-order valence-corrected chi connectivity index (χ4v) is 2.65. The Kier molecular flexibility index (Phi) is 4.99. The standard InChI is InChI=1S/C12H17N5O3S/c1-10-13-4-3-11(16-10)7-15-21(19,20)12-8-14-17(9-12)5-2-6-18/h3-4,8-9,15,18H,2,5-7H2,1H3. The Bertz CT molecular complexity index is 698. The third-order valence-corrected chi connectivity index (χ3v) is 4.10. The lowest BCUT2D eigenvalue weighted by molar-refractivity contribution is 0.277. The van der Waals surface area contributed by atoms with E-state index in [9.17, 15) is 8.42 Å². The SMILES string of the molecule is Cc1nccc(CNS(=O)(=O)c2cnn(CCCO)c2)n1. The van der Waals surface area contributed by atoms with Crippen LogP contribution < -0.4 is 4.72 Å². The summed E-state index contributed by atoms with van der Waals surface area (Å²) in [6, 6.07) is 1.65. The summed E-state index contributed by atoms with van der Waals surface area (Å²) in [5.74, 6) is 0.587.